The molecular formula is C14H21BrN2S. The molecule has 2 aliphatic heterocycles. The van der Waals surface area contributed by atoms with E-state index in [-0.39, 0.29) is 0 Å². The van der Waals surface area contributed by atoms with E-state index in [1.807, 2.05) is 11.3 Å². The topological polar surface area (TPSA) is 15.3 Å². The Hall–Kier alpha value is 0.1000. The first-order chi connectivity index (χ1) is 8.81. The largest absolute Gasteiger partial charge is 0.314 e. The van der Waals surface area contributed by atoms with Gasteiger partial charge in [0.25, 0.3) is 0 Å². The van der Waals surface area contributed by atoms with Crippen molar-refractivity contribution in [2.24, 2.45) is 5.92 Å². The van der Waals surface area contributed by atoms with Gasteiger partial charge in [0.05, 0.1) is 3.79 Å². The minimum atomic E-state index is 0.794. The predicted octanol–water partition coefficient (Wildman–Crippen LogP) is 3.47. The monoisotopic (exact) mass is 328 g/mol. The molecule has 0 amide bonds. The molecule has 2 saturated heterocycles. The first-order valence-corrected chi connectivity index (χ1v) is 8.62. The van der Waals surface area contributed by atoms with E-state index in [1.165, 1.54) is 54.0 Å². The molecule has 1 aromatic heterocycles. The fourth-order valence-electron chi connectivity index (χ4n) is 3.33. The summed E-state index contributed by atoms with van der Waals surface area (Å²) in [5.74, 6) is 0.879. The standard InChI is InChI=1S/C14H21BrN2S/c15-14-6-5-12(18-14)10-17-8-2-3-11(9-17)13-4-1-7-16-13/h5-6,11,13,16H,1-4,7-10H2. The summed E-state index contributed by atoms with van der Waals surface area (Å²) in [7, 11) is 0. The zero-order valence-corrected chi connectivity index (χ0v) is 13.1. The van der Waals surface area contributed by atoms with Gasteiger partial charge in [0.1, 0.15) is 0 Å². The minimum Gasteiger partial charge on any atom is -0.314 e. The Kier molecular flexibility index (Phi) is 4.39. The molecule has 2 fully saturated rings. The second-order valence-electron chi connectivity index (χ2n) is 5.55. The van der Waals surface area contributed by atoms with Gasteiger partial charge in [-0.05, 0) is 72.8 Å². The summed E-state index contributed by atoms with van der Waals surface area (Å²) < 4.78 is 1.25. The maximum Gasteiger partial charge on any atom is 0.0701 e. The number of likely N-dealkylation sites (tertiary alicyclic amines) is 1. The van der Waals surface area contributed by atoms with E-state index in [1.54, 1.807) is 0 Å². The number of halogens is 1. The van der Waals surface area contributed by atoms with Crippen molar-refractivity contribution in [1.82, 2.24) is 10.2 Å². The van der Waals surface area contributed by atoms with E-state index in [0.717, 1.165) is 18.5 Å². The van der Waals surface area contributed by atoms with Crippen molar-refractivity contribution < 1.29 is 0 Å². The number of hydrogen-bond donors (Lipinski definition) is 1. The van der Waals surface area contributed by atoms with Gasteiger partial charge < -0.3 is 5.32 Å². The molecular weight excluding hydrogens is 308 g/mol. The van der Waals surface area contributed by atoms with Crippen molar-refractivity contribution in [2.75, 3.05) is 19.6 Å². The van der Waals surface area contributed by atoms with Gasteiger partial charge in [-0.25, -0.2) is 0 Å². The number of thiophene rings is 1. The van der Waals surface area contributed by atoms with Crippen LogP contribution < -0.4 is 5.32 Å². The Morgan fingerprint density at radius 1 is 1.33 bits per heavy atom. The lowest BCUT2D eigenvalue weighted by atomic mass is 9.90. The van der Waals surface area contributed by atoms with Gasteiger partial charge in [-0.15, -0.1) is 11.3 Å². The molecule has 0 radical (unpaired) electrons. The quantitative estimate of drug-likeness (QED) is 0.913. The lowest BCUT2D eigenvalue weighted by Crippen LogP contribution is -2.43. The van der Waals surface area contributed by atoms with Gasteiger partial charge in [0, 0.05) is 24.0 Å². The molecule has 0 bridgehead atoms. The van der Waals surface area contributed by atoms with Crippen LogP contribution in [-0.4, -0.2) is 30.6 Å². The van der Waals surface area contributed by atoms with Gasteiger partial charge in [0.15, 0.2) is 0 Å². The zero-order chi connectivity index (χ0) is 12.4. The second-order valence-corrected chi connectivity index (χ2v) is 8.09. The lowest BCUT2D eigenvalue weighted by molar-refractivity contribution is 0.146. The molecule has 2 aliphatic rings. The van der Waals surface area contributed by atoms with Gasteiger partial charge in [-0.3, -0.25) is 4.90 Å². The summed E-state index contributed by atoms with van der Waals surface area (Å²) in [5, 5.41) is 3.68. The summed E-state index contributed by atoms with van der Waals surface area (Å²) in [6, 6.07) is 5.22. The van der Waals surface area contributed by atoms with Crippen molar-refractivity contribution in [3.05, 3.63) is 20.8 Å². The van der Waals surface area contributed by atoms with Crippen LogP contribution in [0.25, 0.3) is 0 Å². The summed E-state index contributed by atoms with van der Waals surface area (Å²) >= 11 is 5.43. The van der Waals surface area contributed by atoms with Crippen LogP contribution in [0.5, 0.6) is 0 Å². The molecule has 2 atom stereocenters. The van der Waals surface area contributed by atoms with E-state index in [9.17, 15) is 0 Å². The summed E-state index contributed by atoms with van der Waals surface area (Å²) in [6.45, 7) is 4.93. The molecule has 0 aromatic carbocycles. The summed E-state index contributed by atoms with van der Waals surface area (Å²) in [4.78, 5) is 4.13. The maximum absolute atomic E-state index is 3.68. The third-order valence-electron chi connectivity index (χ3n) is 4.22. The third-order valence-corrected chi connectivity index (χ3v) is 5.83. The maximum atomic E-state index is 3.68. The predicted molar refractivity (Wildman–Crippen MR) is 81.0 cm³/mol. The van der Waals surface area contributed by atoms with E-state index in [2.05, 4.69) is 38.3 Å². The highest BCUT2D eigenvalue weighted by Gasteiger charge is 2.28. The van der Waals surface area contributed by atoms with E-state index >= 15 is 0 Å². The SMILES string of the molecule is Brc1ccc(CN2CCCC(C3CCCN3)C2)s1. The molecule has 100 valence electrons. The first-order valence-electron chi connectivity index (χ1n) is 7.01. The zero-order valence-electron chi connectivity index (χ0n) is 10.7. The van der Waals surface area contributed by atoms with Crippen LogP contribution >= 0.6 is 27.3 Å². The first kappa shape index (κ1) is 13.1. The second kappa shape index (κ2) is 6.04. The van der Waals surface area contributed by atoms with Gasteiger partial charge in [-0.1, -0.05) is 0 Å². The number of nitrogens with zero attached hydrogens (tertiary/aromatic N) is 1. The summed E-state index contributed by atoms with van der Waals surface area (Å²) in [5.41, 5.74) is 0. The Bertz CT molecular complexity index is 387. The average molecular weight is 329 g/mol. The molecule has 0 spiro atoms. The van der Waals surface area contributed by atoms with Gasteiger partial charge >= 0.3 is 0 Å². The molecule has 1 N–H and O–H groups in total. The van der Waals surface area contributed by atoms with E-state index < -0.39 is 0 Å². The van der Waals surface area contributed by atoms with Gasteiger partial charge in [-0.2, -0.15) is 0 Å². The fourth-order valence-corrected chi connectivity index (χ4v) is 4.86. The third kappa shape index (κ3) is 3.16. The van der Waals surface area contributed by atoms with Crippen LogP contribution in [0.4, 0.5) is 0 Å². The van der Waals surface area contributed by atoms with Crippen molar-refractivity contribution in [3.63, 3.8) is 0 Å². The van der Waals surface area contributed by atoms with Crippen LogP contribution in [0.1, 0.15) is 30.6 Å². The Labute approximate surface area is 122 Å². The van der Waals surface area contributed by atoms with E-state index in [0.29, 0.717) is 0 Å². The molecule has 18 heavy (non-hydrogen) atoms. The molecule has 0 saturated carbocycles. The van der Waals surface area contributed by atoms with Crippen LogP contribution in [0.3, 0.4) is 0 Å². The molecule has 2 nitrogen and oxygen atoms in total. The average Bonchev–Trinajstić information content (AvgIpc) is 3.01. The Morgan fingerprint density at radius 2 is 2.28 bits per heavy atom. The number of rotatable bonds is 3. The van der Waals surface area contributed by atoms with Crippen LogP contribution in [0.15, 0.2) is 15.9 Å². The van der Waals surface area contributed by atoms with Crippen molar-refractivity contribution in [1.29, 1.82) is 0 Å². The fraction of sp³-hybridized carbons (Fsp3) is 0.714. The van der Waals surface area contributed by atoms with Crippen molar-refractivity contribution in [2.45, 2.75) is 38.3 Å². The highest BCUT2D eigenvalue weighted by molar-refractivity contribution is 9.11. The molecule has 1 aromatic rings. The number of piperidine rings is 1. The highest BCUT2D eigenvalue weighted by Crippen LogP contribution is 2.28. The normalized spacial score (nSPS) is 29.8. The smallest absolute Gasteiger partial charge is 0.0701 e. The van der Waals surface area contributed by atoms with Crippen molar-refractivity contribution in [3.8, 4) is 0 Å². The van der Waals surface area contributed by atoms with Crippen LogP contribution in [0, 0.1) is 5.92 Å². The molecule has 4 heteroatoms. The van der Waals surface area contributed by atoms with E-state index in [4.69, 9.17) is 0 Å². The van der Waals surface area contributed by atoms with Crippen LogP contribution in [-0.2, 0) is 6.54 Å². The molecule has 3 heterocycles. The number of nitrogens with one attached hydrogen (secondary N) is 1. The molecule has 3 rings (SSSR count). The number of hydrogen-bond acceptors (Lipinski definition) is 3. The minimum absolute atomic E-state index is 0.794. The summed E-state index contributed by atoms with van der Waals surface area (Å²) in [6.07, 6.45) is 5.56. The van der Waals surface area contributed by atoms with Gasteiger partial charge in [0.2, 0.25) is 0 Å². The Morgan fingerprint density at radius 3 is 3.00 bits per heavy atom. The molecule has 2 unspecified atom stereocenters. The van der Waals surface area contributed by atoms with Crippen LogP contribution in [0.2, 0.25) is 0 Å². The highest BCUT2D eigenvalue weighted by atomic mass is 79.9. The van der Waals surface area contributed by atoms with Crippen molar-refractivity contribution >= 4 is 27.3 Å². The Balaban J connectivity index is 1.56. The lowest BCUT2D eigenvalue weighted by Gasteiger charge is -2.35. The molecule has 0 aliphatic carbocycles.